The lowest BCUT2D eigenvalue weighted by Crippen LogP contribution is -2.45. The molecule has 14 heteroatoms. The standard InChI is InChI=1S/C44H54ClN7O6/c1-26-27(23-36(53)38-46-33-25-52(22-18-34(33)49(38)6)42(56)58-43(2,3)4)11-9-12-29(26)30-13-10-14-31(37(30)45)48-40(54)39-47-32-24-51(21-17-35(32)50(39)7)28-15-19-44(5,20-16-28)41(55)57-8/h9-14,28H,15-25H2,1-8H3,(H,48,54). The summed E-state index contributed by atoms with van der Waals surface area (Å²) in [6.45, 7) is 11.8. The summed E-state index contributed by atoms with van der Waals surface area (Å²) < 4.78 is 14.4. The molecule has 7 rings (SSSR count). The number of nitrogens with zero attached hydrogens (tertiary/aromatic N) is 6. The van der Waals surface area contributed by atoms with Gasteiger partial charge in [0.15, 0.2) is 11.6 Å². The molecule has 0 saturated heterocycles. The number of imidazole rings is 2. The molecule has 1 aliphatic carbocycles. The maximum Gasteiger partial charge on any atom is 0.410 e. The van der Waals surface area contributed by atoms with Crippen molar-refractivity contribution in [3.63, 3.8) is 0 Å². The topological polar surface area (TPSA) is 141 Å². The zero-order valence-corrected chi connectivity index (χ0v) is 35.6. The van der Waals surface area contributed by atoms with Crippen molar-refractivity contribution in [1.29, 1.82) is 0 Å². The van der Waals surface area contributed by atoms with Crippen LogP contribution in [0.15, 0.2) is 36.4 Å². The lowest BCUT2D eigenvalue weighted by atomic mass is 9.73. The first kappa shape index (κ1) is 41.2. The number of benzene rings is 2. The number of carbonyl (C=O) groups excluding carboxylic acids is 4. The van der Waals surface area contributed by atoms with E-state index in [2.05, 4.69) is 10.2 Å². The number of amides is 2. The Morgan fingerprint density at radius 3 is 2.21 bits per heavy atom. The van der Waals surface area contributed by atoms with Gasteiger partial charge < -0.3 is 28.8 Å². The van der Waals surface area contributed by atoms with Crippen molar-refractivity contribution in [2.24, 2.45) is 19.5 Å². The molecule has 58 heavy (non-hydrogen) atoms. The highest BCUT2D eigenvalue weighted by atomic mass is 35.5. The van der Waals surface area contributed by atoms with Gasteiger partial charge >= 0.3 is 12.1 Å². The molecule has 1 fully saturated rings. The van der Waals surface area contributed by atoms with Gasteiger partial charge in [-0.3, -0.25) is 19.3 Å². The third-order valence-corrected chi connectivity index (χ3v) is 12.6. The van der Waals surface area contributed by atoms with Gasteiger partial charge in [0, 0.05) is 76.0 Å². The monoisotopic (exact) mass is 811 g/mol. The first-order chi connectivity index (χ1) is 27.5. The van der Waals surface area contributed by atoms with Crippen LogP contribution >= 0.6 is 11.6 Å². The number of anilines is 1. The Kier molecular flexibility index (Phi) is 11.3. The van der Waals surface area contributed by atoms with Crippen molar-refractivity contribution in [3.05, 3.63) is 87.0 Å². The molecule has 4 aromatic rings. The predicted molar refractivity (Wildman–Crippen MR) is 221 cm³/mol. The number of halogens is 1. The van der Waals surface area contributed by atoms with E-state index in [1.807, 2.05) is 88.2 Å². The molecule has 2 aromatic carbocycles. The van der Waals surface area contributed by atoms with Crippen LogP contribution in [0.1, 0.15) is 109 Å². The number of ether oxygens (including phenoxy) is 2. The molecule has 0 unspecified atom stereocenters. The lowest BCUT2D eigenvalue weighted by molar-refractivity contribution is -0.154. The van der Waals surface area contributed by atoms with Crippen LogP contribution in [0.25, 0.3) is 11.1 Å². The Morgan fingerprint density at radius 2 is 1.52 bits per heavy atom. The van der Waals surface area contributed by atoms with Gasteiger partial charge in [0.2, 0.25) is 5.78 Å². The number of ketones is 1. The molecule has 0 atom stereocenters. The van der Waals surface area contributed by atoms with Crippen molar-refractivity contribution >= 4 is 41.0 Å². The second-order valence-corrected chi connectivity index (χ2v) is 17.6. The number of methoxy groups -OCH3 is 1. The van der Waals surface area contributed by atoms with Crippen LogP contribution in [0.5, 0.6) is 0 Å². The summed E-state index contributed by atoms with van der Waals surface area (Å²) in [7, 11) is 5.19. The van der Waals surface area contributed by atoms with Gasteiger partial charge in [0.1, 0.15) is 5.60 Å². The molecule has 308 valence electrons. The van der Waals surface area contributed by atoms with Crippen molar-refractivity contribution in [3.8, 4) is 11.1 Å². The fourth-order valence-corrected chi connectivity index (χ4v) is 9.09. The molecule has 1 saturated carbocycles. The van der Waals surface area contributed by atoms with Gasteiger partial charge in [-0.15, -0.1) is 0 Å². The van der Waals surface area contributed by atoms with Crippen molar-refractivity contribution < 1.29 is 28.7 Å². The fourth-order valence-electron chi connectivity index (χ4n) is 8.81. The van der Waals surface area contributed by atoms with E-state index in [0.29, 0.717) is 53.6 Å². The van der Waals surface area contributed by atoms with E-state index in [9.17, 15) is 19.2 Å². The molecule has 1 N–H and O–H groups in total. The number of esters is 1. The maximum absolute atomic E-state index is 13.8. The molecule has 2 amide bonds. The molecule has 4 heterocycles. The normalized spacial score (nSPS) is 19.6. The minimum absolute atomic E-state index is 0.127. The zero-order valence-electron chi connectivity index (χ0n) is 34.8. The van der Waals surface area contributed by atoms with Gasteiger partial charge in [-0.05, 0) is 83.1 Å². The SMILES string of the molecule is COC(=O)C1(C)CCC(N2CCc3c(nc(C(=O)Nc4cccc(-c5cccc(CC(=O)c6nc7c(n6C)CCN(C(=O)OC(C)(C)C)C7)c5C)c4Cl)n3C)C2)CC1. The van der Waals surface area contributed by atoms with Gasteiger partial charge in [-0.2, -0.15) is 0 Å². The Bertz CT molecular complexity index is 2280. The summed E-state index contributed by atoms with van der Waals surface area (Å²) in [6, 6.07) is 11.7. The van der Waals surface area contributed by atoms with Crippen molar-refractivity contribution in [1.82, 2.24) is 28.9 Å². The number of hydrogen-bond acceptors (Lipinski definition) is 9. The van der Waals surface area contributed by atoms with E-state index in [-0.39, 0.29) is 30.6 Å². The molecule has 3 aliphatic rings. The van der Waals surface area contributed by atoms with E-state index < -0.39 is 17.1 Å². The number of carbonyl (C=O) groups is 4. The number of aromatic nitrogens is 4. The van der Waals surface area contributed by atoms with E-state index >= 15 is 0 Å². The Balaban J connectivity index is 1.03. The molecule has 2 aromatic heterocycles. The molecular formula is C44H54ClN7O6. The van der Waals surface area contributed by atoms with E-state index in [4.69, 9.17) is 31.0 Å². The van der Waals surface area contributed by atoms with Crippen molar-refractivity contribution in [2.75, 3.05) is 25.5 Å². The predicted octanol–water partition coefficient (Wildman–Crippen LogP) is 7.23. The Morgan fingerprint density at radius 1 is 0.897 bits per heavy atom. The van der Waals surface area contributed by atoms with Crippen LogP contribution in [0.2, 0.25) is 5.02 Å². The highest BCUT2D eigenvalue weighted by molar-refractivity contribution is 6.36. The number of nitrogens with one attached hydrogen (secondary N) is 1. The summed E-state index contributed by atoms with van der Waals surface area (Å²) >= 11 is 7.05. The molecule has 2 aliphatic heterocycles. The van der Waals surface area contributed by atoms with E-state index in [0.717, 1.165) is 78.0 Å². The molecule has 0 radical (unpaired) electrons. The number of hydrogen-bond donors (Lipinski definition) is 1. The molecular weight excluding hydrogens is 758 g/mol. The Hall–Kier alpha value is -5.01. The first-order valence-corrected chi connectivity index (χ1v) is 20.5. The molecule has 0 bridgehead atoms. The Labute approximate surface area is 345 Å². The van der Waals surface area contributed by atoms with E-state index in [1.165, 1.54) is 7.11 Å². The smallest absolute Gasteiger partial charge is 0.410 e. The van der Waals surface area contributed by atoms with Crippen LogP contribution in [0.4, 0.5) is 10.5 Å². The third kappa shape index (κ3) is 8.03. The van der Waals surface area contributed by atoms with Gasteiger partial charge in [-0.1, -0.05) is 41.9 Å². The van der Waals surface area contributed by atoms with E-state index in [1.54, 1.807) is 11.0 Å². The van der Waals surface area contributed by atoms with Gasteiger partial charge in [0.25, 0.3) is 5.91 Å². The number of Topliss-reactive ketones (excluding diaryl/α,β-unsaturated/α-hetero) is 1. The summed E-state index contributed by atoms with van der Waals surface area (Å²) in [6.07, 6.45) is 4.50. The van der Waals surface area contributed by atoms with Crippen molar-refractivity contribution in [2.45, 2.75) is 104 Å². The second-order valence-electron chi connectivity index (χ2n) is 17.2. The average molecular weight is 812 g/mol. The quantitative estimate of drug-likeness (QED) is 0.144. The molecule has 0 spiro atoms. The summed E-state index contributed by atoms with van der Waals surface area (Å²) in [5, 5.41) is 3.40. The number of fused-ring (bicyclic) bond motifs is 2. The molecule has 13 nitrogen and oxygen atoms in total. The minimum atomic E-state index is -0.604. The van der Waals surface area contributed by atoms with Gasteiger partial charge in [-0.25, -0.2) is 14.8 Å². The highest BCUT2D eigenvalue weighted by Gasteiger charge is 2.41. The van der Waals surface area contributed by atoms with Gasteiger partial charge in [0.05, 0.1) is 41.2 Å². The van der Waals surface area contributed by atoms with Crippen LogP contribution in [-0.2, 0) is 60.7 Å². The largest absolute Gasteiger partial charge is 0.469 e. The average Bonchev–Trinajstić information content (AvgIpc) is 3.71. The summed E-state index contributed by atoms with van der Waals surface area (Å²) in [5.74, 6) is 0.0566. The fraction of sp³-hybridized carbons (Fsp3) is 0.500. The van der Waals surface area contributed by atoms with Crippen LogP contribution in [0, 0.1) is 12.3 Å². The van der Waals surface area contributed by atoms with Crippen LogP contribution in [-0.4, -0.2) is 84.5 Å². The second kappa shape index (κ2) is 16.0. The summed E-state index contributed by atoms with van der Waals surface area (Å²) in [4.78, 5) is 66.3. The highest BCUT2D eigenvalue weighted by Crippen LogP contribution is 2.40. The minimum Gasteiger partial charge on any atom is -0.469 e. The zero-order chi connectivity index (χ0) is 41.7. The number of rotatable bonds is 8. The lowest BCUT2D eigenvalue weighted by Gasteiger charge is -2.41. The summed E-state index contributed by atoms with van der Waals surface area (Å²) in [5.41, 5.74) is 6.32. The van der Waals surface area contributed by atoms with Crippen LogP contribution < -0.4 is 5.32 Å². The first-order valence-electron chi connectivity index (χ1n) is 20.1. The maximum atomic E-state index is 13.8. The third-order valence-electron chi connectivity index (χ3n) is 12.2. The van der Waals surface area contributed by atoms with Crippen LogP contribution in [0.3, 0.4) is 0 Å².